The number of amides is 2. The Morgan fingerprint density at radius 2 is 2.10 bits per heavy atom. The zero-order valence-electron chi connectivity index (χ0n) is 16.6. The predicted octanol–water partition coefficient (Wildman–Crippen LogP) is 2.15. The summed E-state index contributed by atoms with van der Waals surface area (Å²) in [4.78, 5) is 27.2. The number of rotatable bonds is 9. The molecule has 1 aliphatic rings. The average molecular weight is 402 g/mol. The molecule has 2 aromatic rings. The molecule has 156 valence electrons. The summed E-state index contributed by atoms with van der Waals surface area (Å²) in [6, 6.07) is 7.45. The number of piperidine rings is 1. The Labute approximate surface area is 169 Å². The predicted molar refractivity (Wildman–Crippen MR) is 105 cm³/mol. The monoisotopic (exact) mass is 402 g/mol. The summed E-state index contributed by atoms with van der Waals surface area (Å²) >= 11 is 0. The fraction of sp³-hybridized carbons (Fsp3) is 0.476. The minimum atomic E-state index is -0.432. The fourth-order valence-corrected chi connectivity index (χ4v) is 3.77. The van der Waals surface area contributed by atoms with E-state index >= 15 is 0 Å². The molecular weight excluding hydrogens is 375 g/mol. The Balaban J connectivity index is 1.70. The van der Waals surface area contributed by atoms with Crippen LogP contribution in [0.25, 0.3) is 0 Å². The van der Waals surface area contributed by atoms with Crippen LogP contribution in [-0.4, -0.2) is 53.3 Å². The van der Waals surface area contributed by atoms with Crippen molar-refractivity contribution in [3.05, 3.63) is 54.1 Å². The summed E-state index contributed by atoms with van der Waals surface area (Å²) in [5.74, 6) is -0.840. The molecule has 1 aromatic carbocycles. The molecule has 29 heavy (non-hydrogen) atoms. The van der Waals surface area contributed by atoms with Gasteiger partial charge in [-0.3, -0.25) is 14.3 Å². The molecule has 1 fully saturated rings. The number of nitrogens with zero attached hydrogens (tertiary/aromatic N) is 3. The number of nitrogens with one attached hydrogen (secondary N) is 1. The molecule has 0 radical (unpaired) electrons. The smallest absolute Gasteiger partial charge is 0.225 e. The number of ether oxygens (including phenoxy) is 1. The standard InChI is InChI=1S/C21H27FN4O3/c1-29-15-14-26-19(27)9-8-18(20(26)16-4-6-17(22)7-5-16)21(28)23-10-2-12-25-13-3-11-24-25/h3-7,11,13,18,20H,2,8-10,12,14-15H2,1H3,(H,23,28). The number of aromatic nitrogens is 2. The molecule has 0 saturated carbocycles. The summed E-state index contributed by atoms with van der Waals surface area (Å²) < 4.78 is 20.4. The van der Waals surface area contributed by atoms with Gasteiger partial charge in [-0.25, -0.2) is 4.39 Å². The van der Waals surface area contributed by atoms with E-state index in [1.54, 1.807) is 30.3 Å². The molecule has 7 nitrogen and oxygen atoms in total. The third kappa shape index (κ3) is 5.41. The van der Waals surface area contributed by atoms with Crippen molar-refractivity contribution in [3.8, 4) is 0 Å². The van der Waals surface area contributed by atoms with Crippen LogP contribution < -0.4 is 5.32 Å². The van der Waals surface area contributed by atoms with Crippen molar-refractivity contribution in [2.75, 3.05) is 26.8 Å². The van der Waals surface area contributed by atoms with Crippen molar-refractivity contribution in [2.24, 2.45) is 5.92 Å². The maximum atomic E-state index is 13.4. The third-order valence-electron chi connectivity index (χ3n) is 5.21. The second-order valence-corrected chi connectivity index (χ2v) is 7.14. The van der Waals surface area contributed by atoms with E-state index in [1.165, 1.54) is 12.1 Å². The summed E-state index contributed by atoms with van der Waals surface area (Å²) in [6.45, 7) is 2.01. The summed E-state index contributed by atoms with van der Waals surface area (Å²) in [5, 5.41) is 7.14. The Morgan fingerprint density at radius 3 is 2.79 bits per heavy atom. The quantitative estimate of drug-likeness (QED) is 0.652. The van der Waals surface area contributed by atoms with E-state index < -0.39 is 6.04 Å². The van der Waals surface area contributed by atoms with E-state index in [0.29, 0.717) is 32.5 Å². The van der Waals surface area contributed by atoms with Crippen molar-refractivity contribution >= 4 is 11.8 Å². The highest BCUT2D eigenvalue weighted by Crippen LogP contribution is 2.36. The number of carbonyl (C=O) groups excluding carboxylic acids is 2. The molecule has 2 heterocycles. The summed E-state index contributed by atoms with van der Waals surface area (Å²) in [7, 11) is 1.57. The SMILES string of the molecule is COCCN1C(=O)CCC(C(=O)NCCCn2cccn2)C1c1ccc(F)cc1. The first kappa shape index (κ1) is 21.0. The first-order valence-electron chi connectivity index (χ1n) is 9.89. The largest absolute Gasteiger partial charge is 0.383 e. The average Bonchev–Trinajstić information content (AvgIpc) is 3.24. The normalized spacial score (nSPS) is 19.4. The van der Waals surface area contributed by atoms with Crippen LogP contribution in [-0.2, 0) is 20.9 Å². The number of likely N-dealkylation sites (tertiary alicyclic amines) is 1. The number of carbonyl (C=O) groups is 2. The third-order valence-corrected chi connectivity index (χ3v) is 5.21. The molecule has 0 bridgehead atoms. The van der Waals surface area contributed by atoms with Crippen molar-refractivity contribution < 1.29 is 18.7 Å². The van der Waals surface area contributed by atoms with Crippen LogP contribution in [0, 0.1) is 11.7 Å². The second kappa shape index (κ2) is 10.2. The number of methoxy groups -OCH3 is 1. The Bertz CT molecular complexity index is 795. The molecule has 1 N–H and O–H groups in total. The summed E-state index contributed by atoms with van der Waals surface area (Å²) in [5.41, 5.74) is 0.757. The summed E-state index contributed by atoms with van der Waals surface area (Å²) in [6.07, 6.45) is 5.14. The first-order chi connectivity index (χ1) is 14.1. The van der Waals surface area contributed by atoms with Crippen LogP contribution in [0.2, 0.25) is 0 Å². The van der Waals surface area contributed by atoms with Crippen molar-refractivity contribution in [2.45, 2.75) is 31.8 Å². The van der Waals surface area contributed by atoms with E-state index in [2.05, 4.69) is 10.4 Å². The molecule has 1 aromatic heterocycles. The molecule has 1 saturated heterocycles. The molecule has 0 spiro atoms. The number of benzene rings is 1. The van der Waals surface area contributed by atoms with E-state index in [4.69, 9.17) is 4.74 Å². The van der Waals surface area contributed by atoms with Gasteiger partial charge >= 0.3 is 0 Å². The van der Waals surface area contributed by atoms with Crippen LogP contribution in [0.1, 0.15) is 30.9 Å². The highest BCUT2D eigenvalue weighted by Gasteiger charge is 2.40. The van der Waals surface area contributed by atoms with Crippen LogP contribution >= 0.6 is 0 Å². The lowest BCUT2D eigenvalue weighted by Crippen LogP contribution is -2.49. The van der Waals surface area contributed by atoms with Gasteiger partial charge in [-0.15, -0.1) is 0 Å². The zero-order chi connectivity index (χ0) is 20.6. The van der Waals surface area contributed by atoms with E-state index in [9.17, 15) is 14.0 Å². The topological polar surface area (TPSA) is 76.5 Å². The number of hydrogen-bond acceptors (Lipinski definition) is 4. The van der Waals surface area contributed by atoms with Crippen molar-refractivity contribution in [1.82, 2.24) is 20.0 Å². The Hall–Kier alpha value is -2.74. The van der Waals surface area contributed by atoms with Crippen molar-refractivity contribution in [1.29, 1.82) is 0 Å². The maximum Gasteiger partial charge on any atom is 0.225 e. The first-order valence-corrected chi connectivity index (χ1v) is 9.89. The van der Waals surface area contributed by atoms with Gasteiger partial charge in [0.1, 0.15) is 5.82 Å². The molecule has 8 heteroatoms. The van der Waals surface area contributed by atoms with E-state index in [0.717, 1.165) is 18.5 Å². The van der Waals surface area contributed by atoms with Crippen LogP contribution in [0.15, 0.2) is 42.7 Å². The molecule has 3 rings (SSSR count). The Kier molecular flexibility index (Phi) is 7.35. The number of aryl methyl sites for hydroxylation is 1. The lowest BCUT2D eigenvalue weighted by Gasteiger charge is -2.40. The van der Waals surface area contributed by atoms with Gasteiger partial charge in [0, 0.05) is 45.6 Å². The fourth-order valence-electron chi connectivity index (χ4n) is 3.77. The molecular formula is C21H27FN4O3. The van der Waals surface area contributed by atoms with Crippen molar-refractivity contribution in [3.63, 3.8) is 0 Å². The lowest BCUT2D eigenvalue weighted by molar-refractivity contribution is -0.144. The lowest BCUT2D eigenvalue weighted by atomic mass is 9.83. The molecule has 0 aliphatic carbocycles. The molecule has 2 unspecified atom stereocenters. The zero-order valence-corrected chi connectivity index (χ0v) is 16.6. The van der Waals surface area contributed by atoms with E-state index in [1.807, 2.05) is 16.9 Å². The van der Waals surface area contributed by atoms with Gasteiger partial charge in [-0.1, -0.05) is 12.1 Å². The minimum Gasteiger partial charge on any atom is -0.383 e. The molecule has 2 amide bonds. The maximum absolute atomic E-state index is 13.4. The van der Waals surface area contributed by atoms with Gasteiger partial charge in [0.2, 0.25) is 11.8 Å². The second-order valence-electron chi connectivity index (χ2n) is 7.14. The van der Waals surface area contributed by atoms with Gasteiger partial charge in [0.05, 0.1) is 18.6 Å². The molecule has 2 atom stereocenters. The number of hydrogen-bond donors (Lipinski definition) is 1. The van der Waals surface area contributed by atoms with Crippen LogP contribution in [0.5, 0.6) is 0 Å². The van der Waals surface area contributed by atoms with Gasteiger partial charge in [0.25, 0.3) is 0 Å². The minimum absolute atomic E-state index is 0.0147. The van der Waals surface area contributed by atoms with Crippen LogP contribution in [0.4, 0.5) is 4.39 Å². The highest BCUT2D eigenvalue weighted by atomic mass is 19.1. The molecule has 1 aliphatic heterocycles. The Morgan fingerprint density at radius 1 is 1.31 bits per heavy atom. The van der Waals surface area contributed by atoms with Gasteiger partial charge in [0.15, 0.2) is 0 Å². The highest BCUT2D eigenvalue weighted by molar-refractivity contribution is 5.85. The van der Waals surface area contributed by atoms with E-state index in [-0.39, 0.29) is 23.5 Å². The van der Waals surface area contributed by atoms with Gasteiger partial charge < -0.3 is 15.0 Å². The van der Waals surface area contributed by atoms with Crippen LogP contribution in [0.3, 0.4) is 0 Å². The van der Waals surface area contributed by atoms with Gasteiger partial charge in [-0.05, 0) is 36.6 Å². The van der Waals surface area contributed by atoms with Gasteiger partial charge in [-0.2, -0.15) is 5.10 Å². The number of halogens is 1.